The van der Waals surface area contributed by atoms with Crippen molar-refractivity contribution in [2.24, 2.45) is 0 Å². The summed E-state index contributed by atoms with van der Waals surface area (Å²) in [7, 11) is 11.6. The Morgan fingerprint density at radius 3 is 2.20 bits per heavy atom. The summed E-state index contributed by atoms with van der Waals surface area (Å²) in [5.41, 5.74) is 6.85. The molecule has 4 aliphatic heterocycles. The number of ether oxygens (including phenoxy) is 5. The maximum absolute atomic E-state index is 11.7. The van der Waals surface area contributed by atoms with Gasteiger partial charge in [-0.2, -0.15) is 0 Å². The SMILES string of the molecule is COc1ccc2cc1Oc1ccc(cc1)CC1c3cc(c(OC)cc3CCN1C)Oc1c(O)c(OC)cc3c1[C@H](C2)[N+](C)(C)CC3. The van der Waals surface area contributed by atoms with Crippen LogP contribution in [-0.2, 0) is 25.7 Å². The summed E-state index contributed by atoms with van der Waals surface area (Å²) in [5, 5.41) is 11.7. The summed E-state index contributed by atoms with van der Waals surface area (Å²) in [5.74, 6) is 4.15. The quantitative estimate of drug-likeness (QED) is 0.247. The lowest BCUT2D eigenvalue weighted by Crippen LogP contribution is -2.48. The number of nitrogens with zero attached hydrogens (tertiary/aromatic N) is 2. The van der Waals surface area contributed by atoms with E-state index in [2.05, 4.69) is 62.4 Å². The minimum atomic E-state index is -0.0301. The average Bonchev–Trinajstić information content (AvgIpc) is 3.05. The van der Waals surface area contributed by atoms with Gasteiger partial charge in [-0.1, -0.05) is 18.2 Å². The molecule has 8 nitrogen and oxygen atoms in total. The van der Waals surface area contributed by atoms with Gasteiger partial charge >= 0.3 is 0 Å². The Morgan fingerprint density at radius 2 is 1.46 bits per heavy atom. The average molecular weight is 624 g/mol. The second kappa shape index (κ2) is 11.8. The molecule has 4 aromatic carbocycles. The van der Waals surface area contributed by atoms with E-state index in [4.69, 9.17) is 23.7 Å². The molecule has 0 spiro atoms. The topological polar surface area (TPSA) is 69.6 Å². The molecule has 240 valence electrons. The van der Waals surface area contributed by atoms with Gasteiger partial charge in [0.05, 0.1) is 47.5 Å². The van der Waals surface area contributed by atoms with Gasteiger partial charge in [-0.05, 0) is 90.2 Å². The lowest BCUT2D eigenvalue weighted by atomic mass is 9.85. The van der Waals surface area contributed by atoms with Crippen LogP contribution < -0.4 is 23.7 Å². The zero-order chi connectivity index (χ0) is 32.2. The summed E-state index contributed by atoms with van der Waals surface area (Å²) in [6.07, 6.45) is 3.25. The van der Waals surface area contributed by atoms with Crippen molar-refractivity contribution in [1.29, 1.82) is 0 Å². The summed E-state index contributed by atoms with van der Waals surface area (Å²) in [4.78, 5) is 2.40. The first-order valence-corrected chi connectivity index (χ1v) is 16.0. The van der Waals surface area contributed by atoms with E-state index in [0.29, 0.717) is 45.4 Å². The summed E-state index contributed by atoms with van der Waals surface area (Å²) < 4.78 is 31.4. The van der Waals surface area contributed by atoms with Crippen LogP contribution in [0.25, 0.3) is 0 Å². The van der Waals surface area contributed by atoms with Gasteiger partial charge < -0.3 is 33.3 Å². The summed E-state index contributed by atoms with van der Waals surface area (Å²) in [6.45, 7) is 1.87. The van der Waals surface area contributed by atoms with Crippen molar-refractivity contribution in [2.45, 2.75) is 37.8 Å². The molecule has 0 amide bonds. The Morgan fingerprint density at radius 1 is 0.761 bits per heavy atom. The molecule has 2 atom stereocenters. The lowest BCUT2D eigenvalue weighted by Gasteiger charge is -2.43. The van der Waals surface area contributed by atoms with E-state index in [1.165, 1.54) is 16.7 Å². The zero-order valence-electron chi connectivity index (χ0n) is 27.6. The van der Waals surface area contributed by atoms with Crippen LogP contribution in [0.2, 0.25) is 0 Å². The van der Waals surface area contributed by atoms with Gasteiger partial charge in [0, 0.05) is 25.4 Å². The minimum Gasteiger partial charge on any atom is -0.502 e. The van der Waals surface area contributed by atoms with E-state index >= 15 is 0 Å². The summed E-state index contributed by atoms with van der Waals surface area (Å²) in [6, 6.07) is 20.8. The van der Waals surface area contributed by atoms with Crippen LogP contribution >= 0.6 is 0 Å². The molecule has 0 saturated carbocycles. The van der Waals surface area contributed by atoms with E-state index in [1.54, 1.807) is 21.3 Å². The predicted molar refractivity (Wildman–Crippen MR) is 177 cm³/mol. The van der Waals surface area contributed by atoms with E-state index in [9.17, 15) is 5.11 Å². The smallest absolute Gasteiger partial charge is 0.201 e. The summed E-state index contributed by atoms with van der Waals surface area (Å²) >= 11 is 0. The third-order valence-electron chi connectivity index (χ3n) is 10.2. The first-order valence-electron chi connectivity index (χ1n) is 16.0. The van der Waals surface area contributed by atoms with Crippen LogP contribution in [0.3, 0.4) is 0 Å². The van der Waals surface area contributed by atoms with Gasteiger partial charge in [0.15, 0.2) is 34.5 Å². The third-order valence-corrected chi connectivity index (χ3v) is 10.2. The number of quaternary nitrogens is 1. The molecule has 0 fully saturated rings. The fourth-order valence-electron chi connectivity index (χ4n) is 7.43. The maximum atomic E-state index is 11.7. The highest BCUT2D eigenvalue weighted by Gasteiger charge is 2.41. The lowest BCUT2D eigenvalue weighted by molar-refractivity contribution is -0.923. The number of fused-ring (bicyclic) bond motifs is 2. The normalized spacial score (nSPS) is 20.0. The molecule has 0 saturated heterocycles. The van der Waals surface area contributed by atoms with Crippen LogP contribution in [0, 0.1) is 0 Å². The fourth-order valence-corrected chi connectivity index (χ4v) is 7.43. The van der Waals surface area contributed by atoms with Crippen LogP contribution in [0.4, 0.5) is 0 Å². The largest absolute Gasteiger partial charge is 0.502 e. The molecule has 46 heavy (non-hydrogen) atoms. The highest BCUT2D eigenvalue weighted by Crippen LogP contribution is 2.52. The molecule has 0 aromatic heterocycles. The monoisotopic (exact) mass is 623 g/mol. The van der Waals surface area contributed by atoms with Crippen LogP contribution in [-0.4, -0.2) is 70.1 Å². The molecular formula is C38H43N2O6+. The molecule has 4 aliphatic rings. The Hall–Kier alpha value is -4.40. The molecule has 1 N–H and O–H groups in total. The van der Waals surface area contributed by atoms with Gasteiger partial charge in [0.2, 0.25) is 5.75 Å². The number of hydrogen-bond donors (Lipinski definition) is 1. The number of likely N-dealkylation sites (N-methyl/N-ethyl adjacent to an activating group) is 2. The first-order chi connectivity index (χ1) is 22.2. The second-order valence-corrected chi connectivity index (χ2v) is 13.3. The van der Waals surface area contributed by atoms with E-state index < -0.39 is 0 Å². The molecule has 0 radical (unpaired) electrons. The molecule has 1 unspecified atom stereocenters. The second-order valence-electron chi connectivity index (χ2n) is 13.3. The number of benzene rings is 4. The molecule has 8 heteroatoms. The van der Waals surface area contributed by atoms with Crippen molar-refractivity contribution in [1.82, 2.24) is 4.90 Å². The molecular weight excluding hydrogens is 580 g/mol. The van der Waals surface area contributed by atoms with Gasteiger partial charge in [0.1, 0.15) is 11.8 Å². The Balaban J connectivity index is 1.47. The van der Waals surface area contributed by atoms with Crippen LogP contribution in [0.5, 0.6) is 46.0 Å². The Kier molecular flexibility index (Phi) is 7.73. The number of phenols is 1. The van der Waals surface area contributed by atoms with Crippen LogP contribution in [0.1, 0.15) is 45.5 Å². The van der Waals surface area contributed by atoms with Crippen molar-refractivity contribution >= 4 is 0 Å². The van der Waals surface area contributed by atoms with Crippen molar-refractivity contribution in [3.8, 4) is 46.0 Å². The Labute approximate surface area is 271 Å². The zero-order valence-corrected chi connectivity index (χ0v) is 27.6. The van der Waals surface area contributed by atoms with Crippen molar-refractivity contribution in [3.63, 3.8) is 0 Å². The van der Waals surface area contributed by atoms with E-state index in [-0.39, 0.29) is 17.8 Å². The van der Waals surface area contributed by atoms with Gasteiger partial charge in [-0.15, -0.1) is 0 Å². The van der Waals surface area contributed by atoms with Gasteiger partial charge in [-0.25, -0.2) is 0 Å². The number of phenolic OH excluding ortho intramolecular Hbond substituents is 1. The third kappa shape index (κ3) is 5.29. The number of rotatable bonds is 3. The van der Waals surface area contributed by atoms with Crippen molar-refractivity contribution in [2.75, 3.05) is 55.6 Å². The van der Waals surface area contributed by atoms with E-state index in [0.717, 1.165) is 54.8 Å². The predicted octanol–water partition coefficient (Wildman–Crippen LogP) is 7.00. The molecule has 4 aromatic rings. The Bertz CT molecular complexity index is 1780. The van der Waals surface area contributed by atoms with Gasteiger partial charge in [0.25, 0.3) is 0 Å². The molecule has 0 aliphatic carbocycles. The maximum Gasteiger partial charge on any atom is 0.201 e. The van der Waals surface area contributed by atoms with Crippen molar-refractivity contribution < 1.29 is 33.3 Å². The molecule has 4 heterocycles. The minimum absolute atomic E-state index is 0.00529. The standard InChI is InChI=1S/C38H42N2O6/c1-39-15-13-25-20-32(43-5)34-22-28(25)29(39)17-23-7-10-27(11-8-23)45-33-19-24(9-12-31(33)42-4)18-30-36-26(14-16-40(30,2)3)21-35(44-6)37(41)38(36)46-34/h7-12,19-22,29-30H,13-18H2,1-6H3/p+1/t29?,30-/m0/s1. The highest BCUT2D eigenvalue weighted by atomic mass is 16.5. The van der Waals surface area contributed by atoms with E-state index in [1.807, 2.05) is 24.3 Å². The fraction of sp³-hybridized carbons (Fsp3) is 0.368. The van der Waals surface area contributed by atoms with Crippen LogP contribution in [0.15, 0.2) is 60.7 Å². The number of aromatic hydroxyl groups is 1. The molecule has 8 rings (SSSR count). The first kappa shape index (κ1) is 30.3. The van der Waals surface area contributed by atoms with Gasteiger partial charge in [-0.3, -0.25) is 4.90 Å². The number of methoxy groups -OCH3 is 3. The highest BCUT2D eigenvalue weighted by molar-refractivity contribution is 5.62. The molecule has 6 bridgehead atoms. The van der Waals surface area contributed by atoms with Crippen molar-refractivity contribution in [3.05, 3.63) is 94.0 Å². The number of hydrogen-bond acceptors (Lipinski definition) is 7.